The number of amides is 2. The summed E-state index contributed by atoms with van der Waals surface area (Å²) in [7, 11) is 0. The average Bonchev–Trinajstić information content (AvgIpc) is 2.89. The third kappa shape index (κ3) is 12.1. The Morgan fingerprint density at radius 1 is 0.667 bits per heavy atom. The van der Waals surface area contributed by atoms with Crippen molar-refractivity contribution in [3.8, 4) is 0 Å². The summed E-state index contributed by atoms with van der Waals surface area (Å²) < 4.78 is 9.77. The summed E-state index contributed by atoms with van der Waals surface area (Å²) in [6, 6.07) is 17.0. The lowest BCUT2D eigenvalue weighted by Gasteiger charge is -2.16. The normalized spacial score (nSPS) is 11.7. The smallest absolute Gasteiger partial charge is 0.328 e. The van der Waals surface area contributed by atoms with Gasteiger partial charge in [0.15, 0.2) is 0 Å². The molecule has 0 fully saturated rings. The third-order valence-electron chi connectivity index (χ3n) is 4.67. The first-order chi connectivity index (χ1) is 17.3. The average molecular weight is 503 g/mol. The van der Waals surface area contributed by atoms with Crippen LogP contribution in [0.15, 0.2) is 60.7 Å². The molecule has 196 valence electrons. The Kier molecular flexibility index (Phi) is 14.8. The van der Waals surface area contributed by atoms with Gasteiger partial charge in [0, 0.05) is 12.8 Å². The topological polar surface area (TPSA) is 151 Å². The Balaban J connectivity index is 0.000000360. The number of benzene rings is 2. The van der Waals surface area contributed by atoms with Crippen LogP contribution in [0.2, 0.25) is 0 Å². The first-order valence-electron chi connectivity index (χ1n) is 11.6. The van der Waals surface area contributed by atoms with Crippen LogP contribution >= 0.6 is 0 Å². The SMILES string of the molecule is CCOC(=O)[C@H](Cc1ccccc1)NC(=O)CO.CCOC(=O)[C@H](Cc1ccccc1)NC(=O)CO. The molecule has 2 aromatic carbocycles. The molecule has 0 aromatic heterocycles. The minimum Gasteiger partial charge on any atom is -0.464 e. The van der Waals surface area contributed by atoms with Crippen LogP contribution in [0.5, 0.6) is 0 Å². The monoisotopic (exact) mass is 502 g/mol. The van der Waals surface area contributed by atoms with Crippen molar-refractivity contribution in [1.82, 2.24) is 10.6 Å². The van der Waals surface area contributed by atoms with Gasteiger partial charge in [-0.05, 0) is 25.0 Å². The number of aliphatic hydroxyl groups excluding tert-OH is 2. The van der Waals surface area contributed by atoms with Crippen LogP contribution in [0.4, 0.5) is 0 Å². The highest BCUT2D eigenvalue weighted by Gasteiger charge is 2.23. The van der Waals surface area contributed by atoms with Gasteiger partial charge >= 0.3 is 11.9 Å². The molecular formula is C26H34N2O8. The molecule has 0 aliphatic heterocycles. The standard InChI is InChI=1S/2C13H17NO4/c2*1-2-18-13(17)11(14-12(16)9-15)8-10-6-4-3-5-7-10/h2*3-7,11,15H,2,8-9H2,1H3,(H,14,16)/t2*11-/m00/s1. The van der Waals surface area contributed by atoms with Gasteiger partial charge in [0.25, 0.3) is 0 Å². The molecule has 0 saturated carbocycles. The predicted molar refractivity (Wildman–Crippen MR) is 132 cm³/mol. The van der Waals surface area contributed by atoms with Crippen LogP contribution in [0.3, 0.4) is 0 Å². The minimum atomic E-state index is -0.771. The molecule has 10 heteroatoms. The quantitative estimate of drug-likeness (QED) is 0.307. The molecule has 2 amide bonds. The maximum absolute atomic E-state index is 11.7. The molecule has 0 bridgehead atoms. The Bertz CT molecular complexity index is 860. The Labute approximate surface area is 210 Å². The molecule has 2 rings (SSSR count). The van der Waals surface area contributed by atoms with E-state index in [1.54, 1.807) is 13.8 Å². The summed E-state index contributed by atoms with van der Waals surface area (Å²) in [5.74, 6) is -2.18. The van der Waals surface area contributed by atoms with Gasteiger partial charge in [0.2, 0.25) is 11.8 Å². The lowest BCUT2D eigenvalue weighted by atomic mass is 10.1. The number of hydrogen-bond acceptors (Lipinski definition) is 8. The van der Waals surface area contributed by atoms with E-state index >= 15 is 0 Å². The fourth-order valence-corrected chi connectivity index (χ4v) is 3.05. The van der Waals surface area contributed by atoms with E-state index in [0.29, 0.717) is 12.8 Å². The van der Waals surface area contributed by atoms with Gasteiger partial charge < -0.3 is 30.3 Å². The zero-order chi connectivity index (χ0) is 26.8. The number of nitrogens with one attached hydrogen (secondary N) is 2. The minimum absolute atomic E-state index is 0.249. The molecular weight excluding hydrogens is 468 g/mol. The zero-order valence-electron chi connectivity index (χ0n) is 20.5. The van der Waals surface area contributed by atoms with Gasteiger partial charge in [-0.2, -0.15) is 0 Å². The lowest BCUT2D eigenvalue weighted by Crippen LogP contribution is -2.44. The number of esters is 2. The predicted octanol–water partition coefficient (Wildman–Crippen LogP) is 0.539. The molecule has 10 nitrogen and oxygen atoms in total. The summed E-state index contributed by atoms with van der Waals surface area (Å²) in [5, 5.41) is 22.3. The van der Waals surface area contributed by atoms with Gasteiger partial charge in [-0.3, -0.25) is 9.59 Å². The second-order valence-corrected chi connectivity index (χ2v) is 7.44. The van der Waals surface area contributed by atoms with Crippen molar-refractivity contribution in [3.63, 3.8) is 0 Å². The Morgan fingerprint density at radius 3 is 1.28 bits per heavy atom. The molecule has 0 radical (unpaired) electrons. The van der Waals surface area contributed by atoms with E-state index in [4.69, 9.17) is 19.7 Å². The van der Waals surface area contributed by atoms with Crippen molar-refractivity contribution < 1.29 is 38.9 Å². The van der Waals surface area contributed by atoms with Crippen LogP contribution in [0, 0.1) is 0 Å². The first kappa shape index (κ1) is 30.3. The number of aliphatic hydroxyl groups is 2. The molecule has 0 unspecified atom stereocenters. The summed E-state index contributed by atoms with van der Waals surface area (Å²) in [6.07, 6.45) is 0.677. The maximum Gasteiger partial charge on any atom is 0.328 e. The zero-order valence-corrected chi connectivity index (χ0v) is 20.5. The van der Waals surface area contributed by atoms with E-state index in [1.165, 1.54) is 0 Å². The van der Waals surface area contributed by atoms with Crippen LogP contribution in [0.25, 0.3) is 0 Å². The summed E-state index contributed by atoms with van der Waals surface area (Å²) >= 11 is 0. The van der Waals surface area contributed by atoms with Crippen molar-refractivity contribution in [2.45, 2.75) is 38.8 Å². The van der Waals surface area contributed by atoms with Gasteiger partial charge in [-0.25, -0.2) is 9.59 Å². The van der Waals surface area contributed by atoms with Crippen LogP contribution in [-0.4, -0.2) is 72.5 Å². The van der Waals surface area contributed by atoms with E-state index < -0.39 is 49.1 Å². The van der Waals surface area contributed by atoms with Crippen LogP contribution < -0.4 is 10.6 Å². The molecule has 36 heavy (non-hydrogen) atoms. The number of carbonyl (C=O) groups is 4. The second kappa shape index (κ2) is 17.6. The molecule has 0 saturated heterocycles. The van der Waals surface area contributed by atoms with Crippen molar-refractivity contribution in [2.24, 2.45) is 0 Å². The number of hydrogen-bond donors (Lipinski definition) is 4. The Hall–Kier alpha value is -3.76. The fourth-order valence-electron chi connectivity index (χ4n) is 3.05. The molecule has 0 heterocycles. The molecule has 0 aliphatic carbocycles. The van der Waals surface area contributed by atoms with Gasteiger partial charge in [-0.15, -0.1) is 0 Å². The number of carbonyl (C=O) groups excluding carboxylic acids is 4. The fraction of sp³-hybridized carbons (Fsp3) is 0.385. The number of rotatable bonds is 12. The van der Waals surface area contributed by atoms with E-state index in [0.717, 1.165) is 11.1 Å². The molecule has 0 aliphatic rings. The summed E-state index contributed by atoms with van der Waals surface area (Å²) in [5.41, 5.74) is 1.82. The van der Waals surface area contributed by atoms with Gasteiger partial charge in [0.1, 0.15) is 25.3 Å². The third-order valence-corrected chi connectivity index (χ3v) is 4.67. The number of ether oxygens (including phenoxy) is 2. The largest absolute Gasteiger partial charge is 0.464 e. The van der Waals surface area contributed by atoms with Crippen molar-refractivity contribution in [2.75, 3.05) is 26.4 Å². The highest BCUT2D eigenvalue weighted by atomic mass is 16.5. The van der Waals surface area contributed by atoms with Crippen LogP contribution in [-0.2, 0) is 41.5 Å². The van der Waals surface area contributed by atoms with E-state index in [9.17, 15) is 19.2 Å². The molecule has 4 N–H and O–H groups in total. The highest BCUT2D eigenvalue weighted by molar-refractivity contribution is 5.85. The first-order valence-corrected chi connectivity index (χ1v) is 11.6. The Morgan fingerprint density at radius 2 is 1.00 bits per heavy atom. The molecule has 2 aromatic rings. The second-order valence-electron chi connectivity index (χ2n) is 7.44. The lowest BCUT2D eigenvalue weighted by molar-refractivity contribution is -0.148. The molecule has 0 spiro atoms. The van der Waals surface area contributed by atoms with Crippen molar-refractivity contribution in [1.29, 1.82) is 0 Å². The maximum atomic E-state index is 11.7. The molecule has 2 atom stereocenters. The van der Waals surface area contributed by atoms with Gasteiger partial charge in [0.05, 0.1) is 13.2 Å². The van der Waals surface area contributed by atoms with Crippen LogP contribution in [0.1, 0.15) is 25.0 Å². The van der Waals surface area contributed by atoms with Crippen molar-refractivity contribution >= 4 is 23.8 Å². The summed E-state index contributed by atoms with van der Waals surface area (Å²) in [6.45, 7) is 2.60. The van der Waals surface area contributed by atoms with E-state index in [2.05, 4.69) is 10.6 Å². The highest BCUT2D eigenvalue weighted by Crippen LogP contribution is 2.06. The summed E-state index contributed by atoms with van der Waals surface area (Å²) in [4.78, 5) is 45.7. The van der Waals surface area contributed by atoms with E-state index in [-0.39, 0.29) is 13.2 Å². The van der Waals surface area contributed by atoms with Crippen molar-refractivity contribution in [3.05, 3.63) is 71.8 Å². The van der Waals surface area contributed by atoms with Gasteiger partial charge in [-0.1, -0.05) is 60.7 Å². The van der Waals surface area contributed by atoms with E-state index in [1.807, 2.05) is 60.7 Å².